The smallest absolute Gasteiger partial charge is 0.407 e. The maximum atomic E-state index is 12.2. The average molecular weight is 592 g/mol. The summed E-state index contributed by atoms with van der Waals surface area (Å²) in [5.74, 6) is 6.13. The van der Waals surface area contributed by atoms with Gasteiger partial charge in [0.15, 0.2) is 11.0 Å². The molecule has 2 heterocycles. The third-order valence-electron chi connectivity index (χ3n) is 5.55. The molecule has 0 aliphatic heterocycles. The molecular formula is C27H26N6O6P2. The van der Waals surface area contributed by atoms with Crippen LogP contribution in [0.5, 0.6) is 0 Å². The Kier molecular flexibility index (Phi) is 10.2. The van der Waals surface area contributed by atoms with Crippen LogP contribution in [-0.4, -0.2) is 70.5 Å². The van der Waals surface area contributed by atoms with E-state index in [4.69, 9.17) is 0 Å². The van der Waals surface area contributed by atoms with Crippen molar-refractivity contribution in [2.45, 2.75) is 6.42 Å². The van der Waals surface area contributed by atoms with E-state index in [1.54, 1.807) is 12.4 Å². The molecule has 0 radical (unpaired) electrons. The van der Waals surface area contributed by atoms with Gasteiger partial charge in [-0.1, -0.05) is 24.1 Å². The van der Waals surface area contributed by atoms with Crippen molar-refractivity contribution in [3.63, 3.8) is 0 Å². The summed E-state index contributed by atoms with van der Waals surface area (Å²) in [4.78, 5) is 61.1. The lowest BCUT2D eigenvalue weighted by molar-refractivity contribution is -0.111. The highest BCUT2D eigenvalue weighted by atomic mass is 31.1. The molecule has 0 saturated heterocycles. The first-order valence-corrected chi connectivity index (χ1v) is 14.2. The molecule has 12 nitrogen and oxygen atoms in total. The maximum Gasteiger partial charge on any atom is 0.407 e. The first-order valence-electron chi connectivity index (χ1n) is 12.2. The summed E-state index contributed by atoms with van der Waals surface area (Å²) in [5.41, 5.74) is 3.97. The maximum absolute atomic E-state index is 12.2. The molecule has 41 heavy (non-hydrogen) atoms. The lowest BCUT2D eigenvalue weighted by Crippen LogP contribution is -2.28. The SMILES string of the molecule is COC(=O)NCCC(=O)Pc1ncc(-c2ccc3cc(C#Cc4cnc(PC(=O)CNC(=O)OC)[nH]4)ccc3c2)[nH]1. The fourth-order valence-electron chi connectivity index (χ4n) is 3.56. The van der Waals surface area contributed by atoms with Gasteiger partial charge in [-0.3, -0.25) is 9.59 Å². The van der Waals surface area contributed by atoms with Gasteiger partial charge in [-0.15, -0.1) is 0 Å². The molecular weight excluding hydrogens is 566 g/mol. The highest BCUT2D eigenvalue weighted by molar-refractivity contribution is 7.65. The van der Waals surface area contributed by atoms with E-state index < -0.39 is 12.2 Å². The first kappa shape index (κ1) is 29.4. The Morgan fingerprint density at radius 1 is 0.829 bits per heavy atom. The number of nitrogens with zero attached hydrogens (tertiary/aromatic N) is 2. The van der Waals surface area contributed by atoms with E-state index in [1.807, 2.05) is 36.4 Å². The number of aromatic amines is 2. The second-order valence-electron chi connectivity index (χ2n) is 8.43. The number of carbonyl (C=O) groups excluding carboxylic acids is 4. The molecule has 0 aliphatic carbocycles. The number of alkyl carbamates (subject to hydrolysis) is 2. The van der Waals surface area contributed by atoms with Gasteiger partial charge in [-0.25, -0.2) is 19.6 Å². The third-order valence-corrected chi connectivity index (χ3v) is 7.51. The van der Waals surface area contributed by atoms with E-state index in [-0.39, 0.29) is 47.7 Å². The number of hydrogen-bond donors (Lipinski definition) is 4. The molecule has 210 valence electrons. The minimum atomic E-state index is -0.663. The van der Waals surface area contributed by atoms with Gasteiger partial charge in [0.1, 0.15) is 16.8 Å². The summed E-state index contributed by atoms with van der Waals surface area (Å²) in [6.45, 7) is 0.0792. The molecule has 0 aliphatic rings. The Balaban J connectivity index is 1.35. The topological polar surface area (TPSA) is 168 Å². The number of ether oxygens (including phenoxy) is 2. The molecule has 0 saturated carbocycles. The minimum absolute atomic E-state index is 0.0253. The highest BCUT2D eigenvalue weighted by Gasteiger charge is 2.11. The van der Waals surface area contributed by atoms with Crippen LogP contribution in [0.4, 0.5) is 9.59 Å². The zero-order chi connectivity index (χ0) is 29.2. The van der Waals surface area contributed by atoms with Crippen LogP contribution in [0.15, 0.2) is 48.8 Å². The van der Waals surface area contributed by atoms with Crippen molar-refractivity contribution in [1.82, 2.24) is 30.6 Å². The number of benzene rings is 2. The van der Waals surface area contributed by atoms with Crippen LogP contribution in [-0.2, 0) is 19.1 Å². The monoisotopic (exact) mass is 592 g/mol. The number of aromatic nitrogens is 4. The first-order chi connectivity index (χ1) is 19.8. The van der Waals surface area contributed by atoms with Gasteiger partial charge in [0, 0.05) is 41.3 Å². The number of amides is 2. The summed E-state index contributed by atoms with van der Waals surface area (Å²) in [6.07, 6.45) is 2.23. The van der Waals surface area contributed by atoms with E-state index in [2.05, 4.69) is 51.9 Å². The summed E-state index contributed by atoms with van der Waals surface area (Å²) in [5, 5.41) is 6.85. The summed E-state index contributed by atoms with van der Waals surface area (Å²) in [6, 6.07) is 11.9. The molecule has 2 unspecified atom stereocenters. The molecule has 0 spiro atoms. The van der Waals surface area contributed by atoms with Crippen molar-refractivity contribution in [3.8, 4) is 23.1 Å². The van der Waals surface area contributed by atoms with Crippen molar-refractivity contribution >= 4 is 62.3 Å². The molecule has 14 heteroatoms. The van der Waals surface area contributed by atoms with Crippen LogP contribution in [0, 0.1) is 11.8 Å². The quantitative estimate of drug-likeness (QED) is 0.160. The largest absolute Gasteiger partial charge is 0.453 e. The van der Waals surface area contributed by atoms with E-state index in [9.17, 15) is 19.2 Å². The second-order valence-corrected chi connectivity index (χ2v) is 11.0. The van der Waals surface area contributed by atoms with Crippen molar-refractivity contribution in [2.75, 3.05) is 27.3 Å². The number of fused-ring (bicyclic) bond motifs is 1. The summed E-state index contributed by atoms with van der Waals surface area (Å²) in [7, 11) is 2.12. The van der Waals surface area contributed by atoms with Crippen molar-refractivity contribution in [1.29, 1.82) is 0 Å². The van der Waals surface area contributed by atoms with Gasteiger partial charge < -0.3 is 30.1 Å². The van der Waals surface area contributed by atoms with Gasteiger partial charge in [0.2, 0.25) is 0 Å². The van der Waals surface area contributed by atoms with Gasteiger partial charge in [-0.2, -0.15) is 0 Å². The predicted octanol–water partition coefficient (Wildman–Crippen LogP) is 2.12. The van der Waals surface area contributed by atoms with Crippen molar-refractivity contribution < 1.29 is 28.7 Å². The van der Waals surface area contributed by atoms with Crippen LogP contribution < -0.4 is 21.8 Å². The average Bonchev–Trinajstić information content (AvgIpc) is 3.63. The van der Waals surface area contributed by atoms with Gasteiger partial charge in [0.05, 0.1) is 38.9 Å². The standard InChI is InChI=1S/C27H26N6O6P2/c1-38-26(36)28-10-9-22(34)40-25-30-14-21(33-25)19-7-6-17-11-16(3-5-18(17)12-19)4-8-20-13-29-24(32-20)41-23(35)15-31-27(37)39-2/h3,5-7,11-14,40-41H,9-10,15H2,1-2H3,(H,28,36)(H,29,32)(H,30,33)(H,31,37). The van der Waals surface area contributed by atoms with Gasteiger partial charge >= 0.3 is 12.2 Å². The fourth-order valence-corrected chi connectivity index (χ4v) is 5.16. The Morgan fingerprint density at radius 2 is 1.51 bits per heavy atom. The minimum Gasteiger partial charge on any atom is -0.453 e. The number of imidazole rings is 2. The molecule has 2 aromatic heterocycles. The molecule has 2 atom stereocenters. The number of hydrogen-bond acceptors (Lipinski definition) is 8. The third kappa shape index (κ3) is 8.70. The zero-order valence-electron chi connectivity index (χ0n) is 22.1. The lowest BCUT2D eigenvalue weighted by atomic mass is 10.0. The number of rotatable bonds is 10. The van der Waals surface area contributed by atoms with E-state index in [0.717, 1.165) is 27.6 Å². The zero-order valence-corrected chi connectivity index (χ0v) is 24.1. The Hall–Kier alpha value is -4.58. The Morgan fingerprint density at radius 3 is 2.32 bits per heavy atom. The van der Waals surface area contributed by atoms with Crippen LogP contribution >= 0.6 is 17.2 Å². The molecule has 4 N–H and O–H groups in total. The van der Waals surface area contributed by atoms with Gasteiger partial charge in [-0.05, 0) is 34.9 Å². The molecule has 0 fully saturated rings. The Labute approximate surface area is 238 Å². The van der Waals surface area contributed by atoms with Crippen LogP contribution in [0.3, 0.4) is 0 Å². The van der Waals surface area contributed by atoms with Crippen LogP contribution in [0.25, 0.3) is 22.0 Å². The van der Waals surface area contributed by atoms with Crippen LogP contribution in [0.1, 0.15) is 17.7 Å². The number of nitrogens with one attached hydrogen (secondary N) is 4. The lowest BCUT2D eigenvalue weighted by Gasteiger charge is -2.03. The molecule has 0 bridgehead atoms. The van der Waals surface area contributed by atoms with Crippen molar-refractivity contribution in [2.24, 2.45) is 0 Å². The van der Waals surface area contributed by atoms with Crippen molar-refractivity contribution in [3.05, 3.63) is 60.0 Å². The predicted molar refractivity (Wildman–Crippen MR) is 157 cm³/mol. The fraction of sp³-hybridized carbons (Fsp3) is 0.185. The normalized spacial score (nSPS) is 11.0. The number of methoxy groups -OCH3 is 2. The molecule has 2 aromatic carbocycles. The Bertz CT molecular complexity index is 1650. The van der Waals surface area contributed by atoms with Gasteiger partial charge in [0.25, 0.3) is 0 Å². The number of H-pyrrole nitrogens is 2. The molecule has 4 rings (SSSR count). The molecule has 4 aromatic rings. The van der Waals surface area contributed by atoms with E-state index in [0.29, 0.717) is 16.8 Å². The second kappa shape index (κ2) is 14.2. The van der Waals surface area contributed by atoms with E-state index >= 15 is 0 Å². The van der Waals surface area contributed by atoms with E-state index in [1.165, 1.54) is 14.2 Å². The summed E-state index contributed by atoms with van der Waals surface area (Å²) >= 11 is 0. The molecule has 2 amide bonds. The summed E-state index contributed by atoms with van der Waals surface area (Å²) < 4.78 is 8.93. The number of carbonyl (C=O) groups is 4. The highest BCUT2D eigenvalue weighted by Crippen LogP contribution is 2.24. The van der Waals surface area contributed by atoms with Crippen LogP contribution in [0.2, 0.25) is 0 Å².